The van der Waals surface area contributed by atoms with Gasteiger partial charge >= 0.3 is 11.9 Å². The van der Waals surface area contributed by atoms with E-state index in [4.69, 9.17) is 0 Å². The van der Waals surface area contributed by atoms with Crippen LogP contribution < -0.4 is 11.0 Å². The topological polar surface area (TPSA) is 90.6 Å². The molecule has 128 valence electrons. The summed E-state index contributed by atoms with van der Waals surface area (Å²) in [5.74, 6) is -1.23. The Bertz CT molecular complexity index is 796. The molecule has 0 bridgehead atoms. The molecule has 0 unspecified atom stereocenters. The predicted octanol–water partition coefficient (Wildman–Crippen LogP) is 2.18. The molecule has 1 saturated carbocycles. The number of carbonyl (C=O) groups is 1. The number of aromatic nitrogens is 3. The maximum atomic E-state index is 13.2. The van der Waals surface area contributed by atoms with E-state index in [1.165, 1.54) is 12.1 Å². The Morgan fingerprint density at radius 2 is 2.00 bits per heavy atom. The molecule has 2 aromatic rings. The number of nitrogens with zero attached hydrogens (tertiary/aromatic N) is 1. The van der Waals surface area contributed by atoms with Crippen molar-refractivity contribution in [1.82, 2.24) is 20.5 Å². The average molecular weight is 340 g/mol. The minimum atomic E-state index is -4.44. The van der Waals surface area contributed by atoms with Gasteiger partial charge in [-0.15, -0.1) is 5.10 Å². The van der Waals surface area contributed by atoms with E-state index in [9.17, 15) is 22.8 Å². The third-order valence-electron chi connectivity index (χ3n) is 4.21. The van der Waals surface area contributed by atoms with Crippen LogP contribution >= 0.6 is 0 Å². The van der Waals surface area contributed by atoms with Gasteiger partial charge in [0, 0.05) is 12.0 Å². The van der Waals surface area contributed by atoms with Crippen molar-refractivity contribution in [2.75, 3.05) is 0 Å². The lowest BCUT2D eigenvalue weighted by Crippen LogP contribution is -2.37. The van der Waals surface area contributed by atoms with E-state index in [2.05, 4.69) is 20.5 Å². The van der Waals surface area contributed by atoms with Crippen molar-refractivity contribution in [2.24, 2.45) is 0 Å². The van der Waals surface area contributed by atoms with Crippen LogP contribution in [0.3, 0.4) is 0 Å². The predicted molar refractivity (Wildman–Crippen MR) is 78.5 cm³/mol. The van der Waals surface area contributed by atoms with Crippen LogP contribution in [0.4, 0.5) is 13.2 Å². The smallest absolute Gasteiger partial charge is 0.346 e. The number of rotatable bonds is 3. The van der Waals surface area contributed by atoms with Gasteiger partial charge < -0.3 is 5.32 Å². The molecule has 1 aromatic carbocycles. The summed E-state index contributed by atoms with van der Waals surface area (Å²) in [6, 6.07) is 4.98. The highest BCUT2D eigenvalue weighted by Gasteiger charge is 2.39. The van der Waals surface area contributed by atoms with E-state index in [-0.39, 0.29) is 11.4 Å². The molecule has 1 fully saturated rings. The maximum absolute atomic E-state index is 13.2. The van der Waals surface area contributed by atoms with Crippen molar-refractivity contribution in [1.29, 1.82) is 0 Å². The van der Waals surface area contributed by atoms with Crippen molar-refractivity contribution >= 4 is 5.91 Å². The van der Waals surface area contributed by atoms with E-state index in [1.54, 1.807) is 6.07 Å². The zero-order valence-corrected chi connectivity index (χ0v) is 12.5. The molecule has 1 amide bonds. The second-order valence-electron chi connectivity index (χ2n) is 5.73. The molecule has 2 atom stereocenters. The largest absolute Gasteiger partial charge is 0.416 e. The number of alkyl halides is 3. The number of carbonyl (C=O) groups excluding carboxylic acids is 1. The molecule has 0 spiro atoms. The van der Waals surface area contributed by atoms with Crippen LogP contribution in [0.5, 0.6) is 0 Å². The van der Waals surface area contributed by atoms with E-state index in [0.29, 0.717) is 19.3 Å². The first-order valence-corrected chi connectivity index (χ1v) is 7.48. The highest BCUT2D eigenvalue weighted by molar-refractivity contribution is 5.90. The molecular formula is C15H15F3N4O2. The van der Waals surface area contributed by atoms with Crippen molar-refractivity contribution < 1.29 is 18.0 Å². The van der Waals surface area contributed by atoms with Gasteiger partial charge in [0.2, 0.25) is 5.82 Å². The van der Waals surface area contributed by atoms with E-state index < -0.39 is 35.3 Å². The third-order valence-corrected chi connectivity index (χ3v) is 4.21. The van der Waals surface area contributed by atoms with E-state index in [1.807, 2.05) is 0 Å². The van der Waals surface area contributed by atoms with Crippen molar-refractivity contribution in [3.05, 3.63) is 51.7 Å². The Hall–Kier alpha value is -2.58. The Kier molecular flexibility index (Phi) is 4.16. The van der Waals surface area contributed by atoms with Gasteiger partial charge in [-0.2, -0.15) is 13.2 Å². The fraction of sp³-hybridized carbons (Fsp3) is 0.400. The molecule has 24 heavy (non-hydrogen) atoms. The Morgan fingerprint density at radius 1 is 1.25 bits per heavy atom. The first-order valence-electron chi connectivity index (χ1n) is 7.48. The van der Waals surface area contributed by atoms with Crippen LogP contribution in [0.15, 0.2) is 29.1 Å². The Balaban J connectivity index is 1.84. The minimum absolute atomic E-state index is 0.184. The van der Waals surface area contributed by atoms with Crippen LogP contribution in [0, 0.1) is 0 Å². The molecule has 0 aliphatic heterocycles. The SMILES string of the molecule is O=C(N[C@H]1CCC[C@@H]1c1ccccc1C(F)(F)F)c1n[nH]c(=O)[nH]1. The van der Waals surface area contributed by atoms with Crippen LogP contribution in [0.25, 0.3) is 0 Å². The van der Waals surface area contributed by atoms with E-state index >= 15 is 0 Å². The fourth-order valence-electron chi connectivity index (χ4n) is 3.20. The summed E-state index contributed by atoms with van der Waals surface area (Å²) in [5, 5.41) is 8.28. The molecule has 3 N–H and O–H groups in total. The summed E-state index contributed by atoms with van der Waals surface area (Å²) in [7, 11) is 0. The van der Waals surface area contributed by atoms with Crippen LogP contribution in [-0.4, -0.2) is 27.1 Å². The van der Waals surface area contributed by atoms with Gasteiger partial charge in [-0.3, -0.25) is 9.78 Å². The van der Waals surface area contributed by atoms with Crippen molar-refractivity contribution in [2.45, 2.75) is 37.4 Å². The number of amides is 1. The minimum Gasteiger partial charge on any atom is -0.346 e. The van der Waals surface area contributed by atoms with Crippen molar-refractivity contribution in [3.8, 4) is 0 Å². The second-order valence-corrected chi connectivity index (χ2v) is 5.73. The first kappa shape index (κ1) is 16.3. The monoisotopic (exact) mass is 340 g/mol. The summed E-state index contributed by atoms with van der Waals surface area (Å²) in [6.07, 6.45) is -2.62. The summed E-state index contributed by atoms with van der Waals surface area (Å²) >= 11 is 0. The molecule has 1 aliphatic rings. The van der Waals surface area contributed by atoms with Crippen molar-refractivity contribution in [3.63, 3.8) is 0 Å². The van der Waals surface area contributed by atoms with Gasteiger partial charge in [-0.1, -0.05) is 24.6 Å². The molecule has 0 radical (unpaired) electrons. The average Bonchev–Trinajstić information content (AvgIpc) is 3.15. The third kappa shape index (κ3) is 3.19. The highest BCUT2D eigenvalue weighted by atomic mass is 19.4. The standard InChI is InChI=1S/C15H15F3N4O2/c16-15(17,18)10-6-2-1-4-8(10)9-5-3-7-11(9)19-13(23)12-20-14(24)22-21-12/h1-2,4,6,9,11H,3,5,7H2,(H,19,23)(H2,20,21,22,24)/t9-,11+/m1/s1. The van der Waals surface area contributed by atoms with E-state index in [0.717, 1.165) is 6.07 Å². The van der Waals surface area contributed by atoms with Crippen LogP contribution in [-0.2, 0) is 6.18 Å². The normalized spacial score (nSPS) is 21.0. The van der Waals surface area contributed by atoms with Gasteiger partial charge in [-0.05, 0) is 24.5 Å². The lowest BCUT2D eigenvalue weighted by atomic mass is 9.89. The summed E-state index contributed by atoms with van der Waals surface area (Å²) in [5.41, 5.74) is -1.11. The molecule has 9 heteroatoms. The number of aromatic amines is 2. The Labute approximate surface area is 134 Å². The lowest BCUT2D eigenvalue weighted by molar-refractivity contribution is -0.138. The van der Waals surface area contributed by atoms with Crippen LogP contribution in [0.1, 0.15) is 46.9 Å². The quantitative estimate of drug-likeness (QED) is 0.800. The molecular weight excluding hydrogens is 325 g/mol. The second kappa shape index (κ2) is 6.14. The van der Waals surface area contributed by atoms with Gasteiger partial charge in [0.15, 0.2) is 0 Å². The fourth-order valence-corrected chi connectivity index (χ4v) is 3.20. The van der Waals surface area contributed by atoms with Gasteiger partial charge in [-0.25, -0.2) is 9.89 Å². The molecule has 1 aliphatic carbocycles. The van der Waals surface area contributed by atoms with Gasteiger partial charge in [0.1, 0.15) is 0 Å². The maximum Gasteiger partial charge on any atom is 0.416 e. The van der Waals surface area contributed by atoms with Crippen LogP contribution in [0.2, 0.25) is 0 Å². The molecule has 6 nitrogen and oxygen atoms in total. The number of benzene rings is 1. The van der Waals surface area contributed by atoms with Gasteiger partial charge in [0.05, 0.1) is 5.56 Å². The lowest BCUT2D eigenvalue weighted by Gasteiger charge is -2.24. The number of H-pyrrole nitrogens is 2. The summed E-state index contributed by atoms with van der Waals surface area (Å²) in [6.45, 7) is 0. The number of nitrogens with one attached hydrogen (secondary N) is 3. The molecule has 1 aromatic heterocycles. The summed E-state index contributed by atoms with van der Waals surface area (Å²) < 4.78 is 39.7. The summed E-state index contributed by atoms with van der Waals surface area (Å²) in [4.78, 5) is 25.3. The molecule has 0 saturated heterocycles. The number of halogens is 3. The molecule has 1 heterocycles. The number of hydrogen-bond acceptors (Lipinski definition) is 3. The number of hydrogen-bond donors (Lipinski definition) is 3. The first-order chi connectivity index (χ1) is 11.4. The Morgan fingerprint density at radius 3 is 2.67 bits per heavy atom. The zero-order chi connectivity index (χ0) is 17.3. The van der Waals surface area contributed by atoms with Gasteiger partial charge in [0.25, 0.3) is 5.91 Å². The highest BCUT2D eigenvalue weighted by Crippen LogP contribution is 2.41. The zero-order valence-electron chi connectivity index (χ0n) is 12.5. The molecule has 3 rings (SSSR count).